The molecule has 5 rings (SSSR count). The van der Waals surface area contributed by atoms with Crippen molar-refractivity contribution in [2.45, 2.75) is 19.8 Å². The molecule has 30 heavy (non-hydrogen) atoms. The molecule has 1 N–H and O–H groups in total. The molecule has 2 aromatic heterocycles. The summed E-state index contributed by atoms with van der Waals surface area (Å²) in [5, 5.41) is 6.54. The maximum absolute atomic E-state index is 4.82. The molecule has 0 aliphatic heterocycles. The van der Waals surface area contributed by atoms with E-state index in [9.17, 15) is 0 Å². The summed E-state index contributed by atoms with van der Waals surface area (Å²) in [4.78, 5) is 11.3. The van der Waals surface area contributed by atoms with Gasteiger partial charge in [-0.2, -0.15) is 0 Å². The standard InChI is InChI=1S/C24H25N5S/c1-17-3-8-21(28(2)14-18-4-5-18)13-22(17)26-24-27-23(15-30-24)19-6-9-20(10-7-19)29-12-11-25-16-29/h3,6-13,15-16,18H,4-5,14H2,1-2H3,(H,26,27). The van der Waals surface area contributed by atoms with Crippen LogP contribution < -0.4 is 10.2 Å². The minimum atomic E-state index is 0.870. The first kappa shape index (κ1) is 18.9. The highest BCUT2D eigenvalue weighted by molar-refractivity contribution is 7.14. The number of nitrogens with one attached hydrogen (secondary N) is 1. The van der Waals surface area contributed by atoms with Crippen LogP contribution in [0.2, 0.25) is 0 Å². The van der Waals surface area contributed by atoms with Crippen LogP contribution in [0.3, 0.4) is 0 Å². The zero-order chi connectivity index (χ0) is 20.5. The number of hydrogen-bond acceptors (Lipinski definition) is 5. The Labute approximate surface area is 181 Å². The molecule has 1 saturated carbocycles. The van der Waals surface area contributed by atoms with Crippen LogP contribution in [0.5, 0.6) is 0 Å². The topological polar surface area (TPSA) is 46.0 Å². The van der Waals surface area contributed by atoms with E-state index in [-0.39, 0.29) is 0 Å². The molecule has 0 atom stereocenters. The van der Waals surface area contributed by atoms with Crippen molar-refractivity contribution in [1.82, 2.24) is 14.5 Å². The fourth-order valence-corrected chi connectivity index (χ4v) is 4.30. The maximum Gasteiger partial charge on any atom is 0.187 e. The van der Waals surface area contributed by atoms with Crippen LogP contribution in [-0.2, 0) is 0 Å². The first-order chi connectivity index (χ1) is 14.7. The Morgan fingerprint density at radius 3 is 2.73 bits per heavy atom. The number of imidazole rings is 1. The van der Waals surface area contributed by atoms with Crippen LogP contribution in [0.25, 0.3) is 16.9 Å². The molecule has 0 bridgehead atoms. The minimum absolute atomic E-state index is 0.870. The smallest absolute Gasteiger partial charge is 0.187 e. The van der Waals surface area contributed by atoms with Crippen molar-refractivity contribution in [3.05, 3.63) is 72.1 Å². The molecular formula is C24H25N5S. The summed E-state index contributed by atoms with van der Waals surface area (Å²) >= 11 is 1.63. The van der Waals surface area contributed by atoms with Gasteiger partial charge >= 0.3 is 0 Å². The third kappa shape index (κ3) is 4.09. The van der Waals surface area contributed by atoms with Gasteiger partial charge in [0, 0.05) is 54.0 Å². The summed E-state index contributed by atoms with van der Waals surface area (Å²) in [5.74, 6) is 0.870. The van der Waals surface area contributed by atoms with E-state index in [4.69, 9.17) is 4.98 Å². The molecule has 0 saturated heterocycles. The quantitative estimate of drug-likeness (QED) is 0.408. The summed E-state index contributed by atoms with van der Waals surface area (Å²) in [6, 6.07) is 15.0. The summed E-state index contributed by atoms with van der Waals surface area (Å²) in [7, 11) is 2.18. The lowest BCUT2D eigenvalue weighted by molar-refractivity contribution is 0.787. The number of thiazole rings is 1. The van der Waals surface area contributed by atoms with Gasteiger partial charge in [0.05, 0.1) is 12.0 Å². The molecule has 1 aliphatic carbocycles. The molecule has 1 aliphatic rings. The summed E-state index contributed by atoms with van der Waals surface area (Å²) in [5.41, 5.74) is 6.78. The van der Waals surface area contributed by atoms with Gasteiger partial charge < -0.3 is 14.8 Å². The van der Waals surface area contributed by atoms with Crippen LogP contribution >= 0.6 is 11.3 Å². The van der Waals surface area contributed by atoms with Gasteiger partial charge in [-0.15, -0.1) is 11.3 Å². The normalized spacial score (nSPS) is 13.4. The van der Waals surface area contributed by atoms with Crippen molar-refractivity contribution in [3.8, 4) is 16.9 Å². The molecule has 0 radical (unpaired) electrons. The largest absolute Gasteiger partial charge is 0.374 e. The lowest BCUT2D eigenvalue weighted by Gasteiger charge is -2.20. The molecular weight excluding hydrogens is 390 g/mol. The Morgan fingerprint density at radius 1 is 1.17 bits per heavy atom. The molecule has 2 heterocycles. The predicted octanol–water partition coefficient (Wildman–Crippen LogP) is 5.89. The highest BCUT2D eigenvalue weighted by Crippen LogP contribution is 2.33. The zero-order valence-corrected chi connectivity index (χ0v) is 18.1. The fraction of sp³-hybridized carbons (Fsp3) is 0.250. The van der Waals surface area contributed by atoms with Gasteiger partial charge in [0.2, 0.25) is 0 Å². The Balaban J connectivity index is 1.32. The number of benzene rings is 2. The Kier molecular flexibility index (Phi) is 5.01. The average molecular weight is 416 g/mol. The average Bonchev–Trinajstić information content (AvgIpc) is 3.21. The van der Waals surface area contributed by atoms with E-state index in [1.807, 2.05) is 10.8 Å². The molecule has 6 heteroatoms. The lowest BCUT2D eigenvalue weighted by atomic mass is 10.1. The van der Waals surface area contributed by atoms with Crippen molar-refractivity contribution in [2.24, 2.45) is 5.92 Å². The summed E-state index contributed by atoms with van der Waals surface area (Å²) < 4.78 is 1.99. The molecule has 1 fully saturated rings. The SMILES string of the molecule is Cc1ccc(N(C)CC2CC2)cc1Nc1nc(-c2ccc(-n3ccnc3)cc2)cs1. The van der Waals surface area contributed by atoms with Gasteiger partial charge in [0.1, 0.15) is 0 Å². The highest BCUT2D eigenvalue weighted by Gasteiger charge is 2.23. The van der Waals surface area contributed by atoms with Crippen molar-refractivity contribution >= 4 is 27.8 Å². The van der Waals surface area contributed by atoms with E-state index in [2.05, 4.69) is 77.0 Å². The molecule has 0 spiro atoms. The van der Waals surface area contributed by atoms with Crippen molar-refractivity contribution < 1.29 is 0 Å². The van der Waals surface area contributed by atoms with E-state index in [0.717, 1.165) is 40.2 Å². The van der Waals surface area contributed by atoms with Gasteiger partial charge in [-0.3, -0.25) is 0 Å². The van der Waals surface area contributed by atoms with E-state index in [1.54, 1.807) is 23.9 Å². The highest BCUT2D eigenvalue weighted by atomic mass is 32.1. The number of rotatable bonds is 7. The van der Waals surface area contributed by atoms with Crippen LogP contribution in [-0.4, -0.2) is 28.1 Å². The second-order valence-corrected chi connectivity index (χ2v) is 8.86. The van der Waals surface area contributed by atoms with Crippen molar-refractivity contribution in [2.75, 3.05) is 23.8 Å². The number of anilines is 3. The predicted molar refractivity (Wildman–Crippen MR) is 125 cm³/mol. The lowest BCUT2D eigenvalue weighted by Crippen LogP contribution is -2.19. The van der Waals surface area contributed by atoms with E-state index in [0.29, 0.717) is 0 Å². The van der Waals surface area contributed by atoms with Gasteiger partial charge in [0.15, 0.2) is 5.13 Å². The second-order valence-electron chi connectivity index (χ2n) is 8.00. The molecule has 2 aromatic carbocycles. The van der Waals surface area contributed by atoms with Crippen molar-refractivity contribution in [1.29, 1.82) is 0 Å². The Bertz CT molecular complexity index is 1130. The molecule has 5 nitrogen and oxygen atoms in total. The third-order valence-corrected chi connectivity index (χ3v) is 6.36. The van der Waals surface area contributed by atoms with E-state index in [1.165, 1.54) is 24.1 Å². The summed E-state index contributed by atoms with van der Waals surface area (Å²) in [6.45, 7) is 3.27. The van der Waals surface area contributed by atoms with E-state index < -0.39 is 0 Å². The van der Waals surface area contributed by atoms with Crippen molar-refractivity contribution in [3.63, 3.8) is 0 Å². The Morgan fingerprint density at radius 2 is 2.00 bits per heavy atom. The van der Waals surface area contributed by atoms with Gasteiger partial charge in [0.25, 0.3) is 0 Å². The van der Waals surface area contributed by atoms with Crippen LogP contribution in [0.1, 0.15) is 18.4 Å². The monoisotopic (exact) mass is 415 g/mol. The van der Waals surface area contributed by atoms with Crippen LogP contribution in [0.4, 0.5) is 16.5 Å². The van der Waals surface area contributed by atoms with Gasteiger partial charge in [-0.1, -0.05) is 18.2 Å². The molecule has 0 unspecified atom stereocenters. The fourth-order valence-electron chi connectivity index (χ4n) is 3.57. The van der Waals surface area contributed by atoms with Gasteiger partial charge in [-0.05, 0) is 55.5 Å². The number of nitrogens with zero attached hydrogens (tertiary/aromatic N) is 4. The molecule has 4 aromatic rings. The first-order valence-corrected chi connectivity index (χ1v) is 11.2. The Hall–Kier alpha value is -3.12. The van der Waals surface area contributed by atoms with Crippen LogP contribution in [0, 0.1) is 12.8 Å². The molecule has 0 amide bonds. The molecule has 152 valence electrons. The van der Waals surface area contributed by atoms with Crippen LogP contribution in [0.15, 0.2) is 66.6 Å². The van der Waals surface area contributed by atoms with E-state index >= 15 is 0 Å². The third-order valence-electron chi connectivity index (χ3n) is 5.60. The zero-order valence-electron chi connectivity index (χ0n) is 17.2. The first-order valence-electron chi connectivity index (χ1n) is 10.3. The summed E-state index contributed by atoms with van der Waals surface area (Å²) in [6.07, 6.45) is 8.27. The van der Waals surface area contributed by atoms with Gasteiger partial charge in [-0.25, -0.2) is 9.97 Å². The number of hydrogen-bond donors (Lipinski definition) is 1. The second kappa shape index (κ2) is 7.95. The minimum Gasteiger partial charge on any atom is -0.374 e. The number of aromatic nitrogens is 3. The number of aryl methyl sites for hydroxylation is 1. The maximum atomic E-state index is 4.82.